The number of rotatable bonds is 2. The highest BCUT2D eigenvalue weighted by Crippen LogP contribution is 2.41. The van der Waals surface area contributed by atoms with E-state index >= 15 is 0 Å². The molecule has 2 saturated heterocycles. The Hall–Kier alpha value is -0.0100. The first-order valence-electron chi connectivity index (χ1n) is 6.66. The van der Waals surface area contributed by atoms with Crippen LogP contribution < -0.4 is 4.83 Å². The average Bonchev–Trinajstić information content (AvgIpc) is 2.60. The summed E-state index contributed by atoms with van der Waals surface area (Å²) in [6.07, 6.45) is 3.46. The summed E-state index contributed by atoms with van der Waals surface area (Å²) in [6.45, 7) is 10.7. The van der Waals surface area contributed by atoms with Gasteiger partial charge in [-0.1, -0.05) is 0 Å². The number of hydrazine groups is 1. The Morgan fingerprint density at radius 1 is 1.17 bits per heavy atom. The third kappa shape index (κ3) is 3.30. The minimum Gasteiger partial charge on any atom is -0.759 e. The second-order valence-corrected chi connectivity index (χ2v) is 7.31. The van der Waals surface area contributed by atoms with Crippen LogP contribution in [0, 0.1) is 5.41 Å². The lowest BCUT2D eigenvalue weighted by Crippen LogP contribution is -2.50. The molecule has 2 rings (SSSR count). The maximum absolute atomic E-state index is 10.6. The molecule has 5 nitrogen and oxygen atoms in total. The van der Waals surface area contributed by atoms with E-state index in [1.54, 1.807) is 0 Å². The van der Waals surface area contributed by atoms with E-state index in [2.05, 4.69) is 30.5 Å². The molecule has 0 aromatic rings. The Morgan fingerprint density at radius 3 is 2.22 bits per heavy atom. The zero-order chi connectivity index (χ0) is 13.4. The Kier molecular flexibility index (Phi) is 4.14. The Balaban J connectivity index is 1.88. The number of nitrogens with one attached hydrogen (secondary N) is 1. The van der Waals surface area contributed by atoms with Crippen LogP contribution in [0.4, 0.5) is 0 Å². The van der Waals surface area contributed by atoms with E-state index in [0.717, 1.165) is 32.6 Å². The summed E-state index contributed by atoms with van der Waals surface area (Å²) < 4.78 is 21.3. The molecule has 0 aromatic heterocycles. The van der Waals surface area contributed by atoms with Gasteiger partial charge in [0.15, 0.2) is 0 Å². The van der Waals surface area contributed by atoms with E-state index in [1.807, 2.05) is 5.01 Å². The maximum atomic E-state index is 10.6. The highest BCUT2D eigenvalue weighted by Gasteiger charge is 2.42. The quantitative estimate of drug-likeness (QED) is 0.759. The van der Waals surface area contributed by atoms with Gasteiger partial charge in [0.1, 0.15) is 0 Å². The molecular formula is C12H24N3O2S-. The van der Waals surface area contributed by atoms with Gasteiger partial charge < -0.3 is 4.55 Å². The van der Waals surface area contributed by atoms with Crippen LogP contribution in [0.2, 0.25) is 0 Å². The van der Waals surface area contributed by atoms with Crippen molar-refractivity contribution >= 4 is 11.3 Å². The van der Waals surface area contributed by atoms with Crippen molar-refractivity contribution in [3.63, 3.8) is 0 Å². The lowest BCUT2D eigenvalue weighted by molar-refractivity contribution is 0.0451. The molecule has 18 heavy (non-hydrogen) atoms. The van der Waals surface area contributed by atoms with E-state index in [1.165, 1.54) is 12.8 Å². The van der Waals surface area contributed by atoms with E-state index in [4.69, 9.17) is 0 Å². The second kappa shape index (κ2) is 5.17. The van der Waals surface area contributed by atoms with Gasteiger partial charge in [0, 0.05) is 29.9 Å². The summed E-state index contributed by atoms with van der Waals surface area (Å²) in [7, 11) is 0. The van der Waals surface area contributed by atoms with Crippen molar-refractivity contribution in [2.24, 2.45) is 5.41 Å². The van der Waals surface area contributed by atoms with Gasteiger partial charge in [0.05, 0.1) is 0 Å². The molecule has 2 fully saturated rings. The van der Waals surface area contributed by atoms with Crippen LogP contribution in [0.3, 0.4) is 0 Å². The van der Waals surface area contributed by atoms with Crippen molar-refractivity contribution in [1.29, 1.82) is 0 Å². The molecule has 1 N–H and O–H groups in total. The zero-order valence-electron chi connectivity index (χ0n) is 11.6. The monoisotopic (exact) mass is 274 g/mol. The predicted molar refractivity (Wildman–Crippen MR) is 71.2 cm³/mol. The largest absolute Gasteiger partial charge is 0.759 e. The lowest BCUT2D eigenvalue weighted by atomic mass is 9.77. The molecule has 1 spiro atoms. The van der Waals surface area contributed by atoms with E-state index in [-0.39, 0.29) is 5.54 Å². The molecule has 0 aromatic carbocycles. The number of nitrogens with zero attached hydrogens (tertiary/aromatic N) is 2. The molecule has 0 saturated carbocycles. The smallest absolute Gasteiger partial charge is 0.0326 e. The van der Waals surface area contributed by atoms with Crippen LogP contribution in [0.1, 0.15) is 40.0 Å². The van der Waals surface area contributed by atoms with Crippen LogP contribution in [0.15, 0.2) is 0 Å². The first-order chi connectivity index (χ1) is 8.31. The molecule has 2 heterocycles. The highest BCUT2D eigenvalue weighted by atomic mass is 32.2. The Labute approximate surface area is 112 Å². The molecule has 0 amide bonds. The van der Waals surface area contributed by atoms with Crippen molar-refractivity contribution in [3.05, 3.63) is 0 Å². The minimum absolute atomic E-state index is 0.245. The van der Waals surface area contributed by atoms with Gasteiger partial charge in [-0.25, -0.2) is 5.01 Å². The fraction of sp³-hybridized carbons (Fsp3) is 1.00. The molecule has 6 heteroatoms. The van der Waals surface area contributed by atoms with Crippen LogP contribution in [0.25, 0.3) is 0 Å². The van der Waals surface area contributed by atoms with Crippen molar-refractivity contribution in [3.8, 4) is 0 Å². The van der Waals surface area contributed by atoms with Crippen LogP contribution in [-0.2, 0) is 11.3 Å². The maximum Gasteiger partial charge on any atom is 0.0326 e. The van der Waals surface area contributed by atoms with Crippen molar-refractivity contribution in [1.82, 2.24) is 14.7 Å². The van der Waals surface area contributed by atoms with E-state index in [0.29, 0.717) is 5.41 Å². The van der Waals surface area contributed by atoms with E-state index in [9.17, 15) is 8.76 Å². The Bertz CT molecular complexity index is 322. The van der Waals surface area contributed by atoms with Gasteiger partial charge in [-0.3, -0.25) is 9.11 Å². The fourth-order valence-corrected chi connectivity index (χ4v) is 3.55. The van der Waals surface area contributed by atoms with E-state index < -0.39 is 11.3 Å². The summed E-state index contributed by atoms with van der Waals surface area (Å²) in [5.41, 5.74) is 0.572. The number of hydrogen-bond acceptors (Lipinski definition) is 4. The van der Waals surface area contributed by atoms with Gasteiger partial charge in [0.2, 0.25) is 0 Å². The number of piperidine rings is 1. The summed E-state index contributed by atoms with van der Waals surface area (Å²) >= 11 is -2.18. The normalized spacial score (nSPS) is 27.8. The molecule has 0 radical (unpaired) electrons. The molecule has 0 bridgehead atoms. The lowest BCUT2D eigenvalue weighted by Gasteiger charge is -2.45. The molecule has 2 aliphatic heterocycles. The van der Waals surface area contributed by atoms with Crippen LogP contribution in [-0.4, -0.2) is 50.4 Å². The van der Waals surface area contributed by atoms with Gasteiger partial charge >= 0.3 is 0 Å². The molecular weight excluding hydrogens is 250 g/mol. The van der Waals surface area contributed by atoms with Crippen molar-refractivity contribution in [2.75, 3.05) is 26.2 Å². The second-order valence-electron chi connectivity index (χ2n) is 6.66. The molecule has 0 aliphatic carbocycles. The number of likely N-dealkylation sites (tertiary alicyclic amines) is 1. The molecule has 1 unspecified atom stereocenters. The van der Waals surface area contributed by atoms with Gasteiger partial charge in [-0.05, 0) is 58.5 Å². The SMILES string of the molecule is CC(C)(C)N1CCC2(CCN(NS(=O)[O-])C2)CC1. The number of hydrogen-bond donors (Lipinski definition) is 1. The first-order valence-corrected chi connectivity index (χ1v) is 7.74. The fourth-order valence-electron chi connectivity index (χ4n) is 3.18. The summed E-state index contributed by atoms with van der Waals surface area (Å²) in [6, 6.07) is 0. The highest BCUT2D eigenvalue weighted by molar-refractivity contribution is 7.76. The van der Waals surface area contributed by atoms with Crippen LogP contribution >= 0.6 is 0 Å². The van der Waals surface area contributed by atoms with Gasteiger partial charge in [0.25, 0.3) is 0 Å². The summed E-state index contributed by atoms with van der Waals surface area (Å²) in [4.78, 5) is 5.02. The third-order valence-corrected chi connectivity index (χ3v) is 4.82. The Morgan fingerprint density at radius 2 is 1.72 bits per heavy atom. The van der Waals surface area contributed by atoms with Gasteiger partial charge in [-0.2, -0.15) is 4.83 Å². The van der Waals surface area contributed by atoms with Gasteiger partial charge in [-0.15, -0.1) is 0 Å². The third-order valence-electron chi connectivity index (χ3n) is 4.41. The molecule has 2 aliphatic rings. The summed E-state index contributed by atoms with van der Waals surface area (Å²) in [5, 5.41) is 1.84. The van der Waals surface area contributed by atoms with Crippen molar-refractivity contribution in [2.45, 2.75) is 45.6 Å². The first kappa shape index (κ1) is 14.4. The predicted octanol–water partition coefficient (Wildman–Crippen LogP) is 0.871. The van der Waals surface area contributed by atoms with Crippen LogP contribution in [0.5, 0.6) is 0 Å². The topological polar surface area (TPSA) is 58.6 Å². The minimum atomic E-state index is -2.18. The standard InChI is InChI=1S/C12H25N3O2S/c1-11(2,3)14-7-4-12(5-8-14)6-9-15(10-12)13-18(16)17/h13H,4-10H2,1-3H3,(H,16,17)/p-1. The molecule has 1 atom stereocenters. The molecule has 106 valence electrons. The average molecular weight is 274 g/mol. The zero-order valence-corrected chi connectivity index (χ0v) is 12.4. The summed E-state index contributed by atoms with van der Waals surface area (Å²) in [5.74, 6) is 0. The van der Waals surface area contributed by atoms with Crippen molar-refractivity contribution < 1.29 is 8.76 Å².